The molecule has 0 bridgehead atoms. The summed E-state index contributed by atoms with van der Waals surface area (Å²) in [7, 11) is 0. The lowest BCUT2D eigenvalue weighted by Gasteiger charge is -2.03. The maximum Gasteiger partial charge on any atom is 0.251 e. The van der Waals surface area contributed by atoms with Crippen LogP contribution in [-0.2, 0) is 6.54 Å². The van der Waals surface area contributed by atoms with Gasteiger partial charge in [-0.05, 0) is 49.7 Å². The highest BCUT2D eigenvalue weighted by molar-refractivity contribution is 5.99. The smallest absolute Gasteiger partial charge is 0.251 e. The Labute approximate surface area is 149 Å². The Bertz CT molecular complexity index is 1080. The molecule has 0 aliphatic heterocycles. The summed E-state index contributed by atoms with van der Waals surface area (Å²) in [6.07, 6.45) is 3.39. The molecular weight excluding hydrogens is 328 g/mol. The molecule has 130 valence electrons. The Morgan fingerprint density at radius 3 is 2.92 bits per heavy atom. The molecular formula is C19H18N6O. The number of fused-ring (bicyclic) bond motifs is 1. The van der Waals surface area contributed by atoms with E-state index in [1.165, 1.54) is 0 Å². The minimum absolute atomic E-state index is 0.149. The number of hydrogen-bond donors (Lipinski definition) is 3. The van der Waals surface area contributed by atoms with E-state index >= 15 is 0 Å². The van der Waals surface area contributed by atoms with Crippen LogP contribution in [0.4, 0.5) is 0 Å². The first kappa shape index (κ1) is 16.0. The molecule has 4 aromatic rings. The molecule has 0 unspecified atom stereocenters. The first-order chi connectivity index (χ1) is 12.6. The average Bonchev–Trinajstić information content (AvgIpc) is 3.25. The van der Waals surface area contributed by atoms with Crippen molar-refractivity contribution in [2.45, 2.75) is 20.4 Å². The van der Waals surface area contributed by atoms with Crippen molar-refractivity contribution in [1.82, 2.24) is 30.5 Å². The van der Waals surface area contributed by atoms with Crippen LogP contribution in [0.2, 0.25) is 0 Å². The fraction of sp³-hybridized carbons (Fsp3) is 0.158. The highest BCUT2D eigenvalue weighted by atomic mass is 16.1. The van der Waals surface area contributed by atoms with Gasteiger partial charge in [-0.15, -0.1) is 0 Å². The van der Waals surface area contributed by atoms with Crippen molar-refractivity contribution in [2.75, 3.05) is 0 Å². The number of benzene rings is 1. The molecule has 0 aliphatic rings. The topological polar surface area (TPSA) is 99.3 Å². The lowest BCUT2D eigenvalue weighted by atomic mass is 10.1. The fourth-order valence-electron chi connectivity index (χ4n) is 2.87. The van der Waals surface area contributed by atoms with Gasteiger partial charge in [0.1, 0.15) is 5.82 Å². The minimum atomic E-state index is -0.149. The quantitative estimate of drug-likeness (QED) is 0.529. The van der Waals surface area contributed by atoms with E-state index in [1.807, 2.05) is 44.2 Å². The van der Waals surface area contributed by atoms with Crippen LogP contribution in [0.5, 0.6) is 0 Å². The summed E-state index contributed by atoms with van der Waals surface area (Å²) < 4.78 is 0. The Hall–Kier alpha value is -3.48. The maximum atomic E-state index is 12.5. The van der Waals surface area contributed by atoms with E-state index in [-0.39, 0.29) is 12.5 Å². The van der Waals surface area contributed by atoms with Crippen molar-refractivity contribution in [3.05, 3.63) is 65.4 Å². The Morgan fingerprint density at radius 2 is 2.12 bits per heavy atom. The van der Waals surface area contributed by atoms with Crippen LogP contribution in [0, 0.1) is 13.8 Å². The van der Waals surface area contributed by atoms with Crippen LogP contribution in [0.1, 0.15) is 27.4 Å². The molecule has 0 fully saturated rings. The van der Waals surface area contributed by atoms with E-state index in [0.29, 0.717) is 17.2 Å². The predicted molar refractivity (Wildman–Crippen MR) is 98.6 cm³/mol. The number of carbonyl (C=O) groups excluding carboxylic acids is 1. The molecule has 3 heterocycles. The second kappa shape index (κ2) is 6.44. The molecule has 3 aromatic heterocycles. The van der Waals surface area contributed by atoms with Gasteiger partial charge in [0.15, 0.2) is 5.82 Å². The van der Waals surface area contributed by atoms with Crippen molar-refractivity contribution in [3.8, 4) is 11.4 Å². The van der Waals surface area contributed by atoms with Gasteiger partial charge in [-0.3, -0.25) is 14.9 Å². The molecule has 0 aliphatic carbocycles. The number of nitrogens with one attached hydrogen (secondary N) is 3. The normalized spacial score (nSPS) is 11.0. The van der Waals surface area contributed by atoms with Crippen LogP contribution in [0.3, 0.4) is 0 Å². The van der Waals surface area contributed by atoms with Crippen molar-refractivity contribution in [2.24, 2.45) is 0 Å². The third kappa shape index (κ3) is 2.95. The zero-order valence-electron chi connectivity index (χ0n) is 14.5. The summed E-state index contributed by atoms with van der Waals surface area (Å²) >= 11 is 0. The highest BCUT2D eigenvalue weighted by Gasteiger charge is 2.11. The maximum absolute atomic E-state index is 12.5. The van der Waals surface area contributed by atoms with E-state index in [0.717, 1.165) is 27.7 Å². The van der Waals surface area contributed by atoms with Crippen molar-refractivity contribution in [1.29, 1.82) is 0 Å². The molecule has 0 saturated carbocycles. The number of pyridine rings is 1. The molecule has 1 amide bonds. The molecule has 3 N–H and O–H groups in total. The standard InChI is InChI=1S/C19H18N6O/c1-11-12(2)22-16-6-5-13(8-15(11)16)19(26)21-10-17-23-18(25-24-17)14-4-3-7-20-9-14/h3-9,22H,10H2,1-2H3,(H,21,26)(H,23,24,25). The van der Waals surface area contributed by atoms with E-state index in [2.05, 4.69) is 30.5 Å². The van der Waals surface area contributed by atoms with Crippen LogP contribution in [0.25, 0.3) is 22.3 Å². The number of nitrogens with zero attached hydrogens (tertiary/aromatic N) is 3. The third-order valence-electron chi connectivity index (χ3n) is 4.44. The molecule has 0 atom stereocenters. The summed E-state index contributed by atoms with van der Waals surface area (Å²) in [5.41, 5.74) is 4.75. The van der Waals surface area contributed by atoms with Crippen molar-refractivity contribution < 1.29 is 4.79 Å². The van der Waals surface area contributed by atoms with E-state index in [4.69, 9.17) is 0 Å². The van der Waals surface area contributed by atoms with Gasteiger partial charge < -0.3 is 10.3 Å². The molecule has 0 saturated heterocycles. The second-order valence-electron chi connectivity index (χ2n) is 6.17. The van der Waals surface area contributed by atoms with Gasteiger partial charge in [0.25, 0.3) is 5.91 Å². The number of aromatic nitrogens is 5. The van der Waals surface area contributed by atoms with Gasteiger partial charge >= 0.3 is 0 Å². The summed E-state index contributed by atoms with van der Waals surface area (Å²) in [5, 5.41) is 10.9. The minimum Gasteiger partial charge on any atom is -0.358 e. The summed E-state index contributed by atoms with van der Waals surface area (Å²) in [5.74, 6) is 0.999. The number of carbonyl (C=O) groups is 1. The fourth-order valence-corrected chi connectivity index (χ4v) is 2.87. The first-order valence-corrected chi connectivity index (χ1v) is 8.30. The monoisotopic (exact) mass is 346 g/mol. The van der Waals surface area contributed by atoms with E-state index in [9.17, 15) is 4.79 Å². The number of H-pyrrole nitrogens is 2. The first-order valence-electron chi connectivity index (χ1n) is 8.30. The third-order valence-corrected chi connectivity index (χ3v) is 4.44. The van der Waals surface area contributed by atoms with Crippen molar-refractivity contribution >= 4 is 16.8 Å². The number of hydrogen-bond acceptors (Lipinski definition) is 4. The number of amides is 1. The van der Waals surface area contributed by atoms with E-state index in [1.54, 1.807) is 12.4 Å². The molecule has 4 rings (SSSR count). The van der Waals surface area contributed by atoms with Gasteiger partial charge in [-0.2, -0.15) is 5.10 Å². The van der Waals surface area contributed by atoms with Crippen LogP contribution < -0.4 is 5.32 Å². The SMILES string of the molecule is Cc1[nH]c2ccc(C(=O)NCc3nc(-c4cccnc4)n[nH]3)cc2c1C. The molecule has 26 heavy (non-hydrogen) atoms. The number of aryl methyl sites for hydroxylation is 2. The van der Waals surface area contributed by atoms with Crippen LogP contribution in [0.15, 0.2) is 42.7 Å². The zero-order chi connectivity index (χ0) is 18.1. The van der Waals surface area contributed by atoms with Gasteiger partial charge in [-0.25, -0.2) is 4.98 Å². The van der Waals surface area contributed by atoms with E-state index < -0.39 is 0 Å². The highest BCUT2D eigenvalue weighted by Crippen LogP contribution is 2.22. The van der Waals surface area contributed by atoms with Gasteiger partial charge in [0.2, 0.25) is 0 Å². The lowest BCUT2D eigenvalue weighted by molar-refractivity contribution is 0.0950. The molecule has 1 aromatic carbocycles. The molecule has 7 nitrogen and oxygen atoms in total. The Kier molecular flexibility index (Phi) is 3.96. The van der Waals surface area contributed by atoms with Gasteiger partial charge in [0, 0.05) is 40.1 Å². The van der Waals surface area contributed by atoms with Gasteiger partial charge in [-0.1, -0.05) is 0 Å². The average molecular weight is 346 g/mol. The van der Waals surface area contributed by atoms with Gasteiger partial charge in [0.05, 0.1) is 6.54 Å². The number of aromatic amines is 2. The Morgan fingerprint density at radius 1 is 1.23 bits per heavy atom. The summed E-state index contributed by atoms with van der Waals surface area (Å²) in [4.78, 5) is 24.2. The Balaban J connectivity index is 1.47. The molecule has 0 radical (unpaired) electrons. The predicted octanol–water partition coefficient (Wildman–Crippen LogP) is 2.89. The summed E-state index contributed by atoms with van der Waals surface area (Å²) in [6.45, 7) is 4.35. The number of rotatable bonds is 4. The second-order valence-corrected chi connectivity index (χ2v) is 6.17. The largest absolute Gasteiger partial charge is 0.358 e. The zero-order valence-corrected chi connectivity index (χ0v) is 14.5. The molecule has 7 heteroatoms. The molecule has 0 spiro atoms. The summed E-state index contributed by atoms with van der Waals surface area (Å²) in [6, 6.07) is 9.36. The van der Waals surface area contributed by atoms with Crippen LogP contribution in [-0.4, -0.2) is 31.1 Å². The van der Waals surface area contributed by atoms with Crippen molar-refractivity contribution in [3.63, 3.8) is 0 Å². The lowest BCUT2D eigenvalue weighted by Crippen LogP contribution is -2.23. The van der Waals surface area contributed by atoms with Crippen LogP contribution >= 0.6 is 0 Å².